The molecular formula is C25H26Cl2O6. The van der Waals surface area contributed by atoms with Crippen molar-refractivity contribution in [1.29, 1.82) is 0 Å². The molecule has 0 unspecified atom stereocenters. The number of benzene rings is 3. The SMILES string of the molecule is CCCCOc1c(OCCCC)c(OC(=O)c2ccc(Cl)cc2O)c2ccc(Cl)cc2c1O. The van der Waals surface area contributed by atoms with Crippen molar-refractivity contribution in [3.05, 3.63) is 52.0 Å². The van der Waals surface area contributed by atoms with Gasteiger partial charge in [0.2, 0.25) is 11.5 Å². The maximum Gasteiger partial charge on any atom is 0.347 e. The molecule has 3 rings (SSSR count). The second-order valence-electron chi connectivity index (χ2n) is 7.48. The van der Waals surface area contributed by atoms with Crippen LogP contribution in [0.25, 0.3) is 10.8 Å². The summed E-state index contributed by atoms with van der Waals surface area (Å²) in [5.41, 5.74) is -0.0671. The van der Waals surface area contributed by atoms with Gasteiger partial charge in [0.05, 0.1) is 13.2 Å². The second-order valence-corrected chi connectivity index (χ2v) is 8.35. The fraction of sp³-hybridized carbons (Fsp3) is 0.320. The summed E-state index contributed by atoms with van der Waals surface area (Å²) in [5.74, 6) is -1.01. The van der Waals surface area contributed by atoms with Crippen LogP contribution in [0.15, 0.2) is 36.4 Å². The summed E-state index contributed by atoms with van der Waals surface area (Å²) in [5, 5.41) is 22.6. The molecule has 176 valence electrons. The van der Waals surface area contributed by atoms with E-state index < -0.39 is 5.97 Å². The summed E-state index contributed by atoms with van der Waals surface area (Å²) in [6, 6.07) is 8.91. The Kier molecular flexibility index (Phi) is 8.53. The van der Waals surface area contributed by atoms with Gasteiger partial charge in [-0.1, -0.05) is 49.9 Å². The summed E-state index contributed by atoms with van der Waals surface area (Å²) in [6.07, 6.45) is 3.28. The van der Waals surface area contributed by atoms with Crippen LogP contribution < -0.4 is 14.2 Å². The minimum atomic E-state index is -0.814. The van der Waals surface area contributed by atoms with Gasteiger partial charge >= 0.3 is 5.97 Å². The normalized spacial score (nSPS) is 10.9. The molecule has 6 nitrogen and oxygen atoms in total. The molecule has 0 spiro atoms. The first-order valence-corrected chi connectivity index (χ1v) is 11.6. The third kappa shape index (κ3) is 5.75. The quantitative estimate of drug-likeness (QED) is 0.178. The molecule has 8 heteroatoms. The smallest absolute Gasteiger partial charge is 0.347 e. The fourth-order valence-corrected chi connectivity index (χ4v) is 3.53. The molecule has 0 atom stereocenters. The van der Waals surface area contributed by atoms with Crippen molar-refractivity contribution < 1.29 is 29.2 Å². The molecule has 0 bridgehead atoms. The van der Waals surface area contributed by atoms with Crippen molar-refractivity contribution in [3.8, 4) is 28.7 Å². The van der Waals surface area contributed by atoms with Crippen LogP contribution >= 0.6 is 23.2 Å². The molecule has 2 N–H and O–H groups in total. The zero-order valence-electron chi connectivity index (χ0n) is 18.5. The average Bonchev–Trinajstić information content (AvgIpc) is 2.78. The van der Waals surface area contributed by atoms with E-state index in [1.54, 1.807) is 18.2 Å². The molecule has 0 saturated carbocycles. The number of esters is 1. The molecule has 0 heterocycles. The van der Waals surface area contributed by atoms with Crippen LogP contribution in [-0.2, 0) is 0 Å². The zero-order chi connectivity index (χ0) is 24.0. The Morgan fingerprint density at radius 3 is 2.06 bits per heavy atom. The largest absolute Gasteiger partial charge is 0.507 e. The van der Waals surface area contributed by atoms with Gasteiger partial charge in [-0.25, -0.2) is 4.79 Å². The van der Waals surface area contributed by atoms with E-state index in [1.807, 2.05) is 13.8 Å². The Labute approximate surface area is 202 Å². The minimum absolute atomic E-state index is 0.0671. The third-order valence-corrected chi connectivity index (χ3v) is 5.44. The number of carbonyl (C=O) groups excluding carboxylic acids is 1. The number of phenols is 2. The van der Waals surface area contributed by atoms with Crippen LogP contribution in [0.4, 0.5) is 0 Å². The van der Waals surface area contributed by atoms with Crippen LogP contribution in [0.1, 0.15) is 49.9 Å². The summed E-state index contributed by atoms with van der Waals surface area (Å²) in [4.78, 5) is 13.0. The third-order valence-electron chi connectivity index (χ3n) is 4.97. The van der Waals surface area contributed by atoms with Gasteiger partial charge in [-0.2, -0.15) is 0 Å². The number of hydrogen-bond donors (Lipinski definition) is 2. The number of fused-ring (bicyclic) bond motifs is 1. The summed E-state index contributed by atoms with van der Waals surface area (Å²) < 4.78 is 17.6. The van der Waals surface area contributed by atoms with Crippen LogP contribution in [0.2, 0.25) is 10.0 Å². The zero-order valence-corrected chi connectivity index (χ0v) is 20.0. The van der Waals surface area contributed by atoms with E-state index in [0.717, 1.165) is 25.7 Å². The summed E-state index contributed by atoms with van der Waals surface area (Å²) >= 11 is 12.0. The number of rotatable bonds is 10. The summed E-state index contributed by atoms with van der Waals surface area (Å²) in [7, 11) is 0. The molecule has 33 heavy (non-hydrogen) atoms. The van der Waals surface area contributed by atoms with Crippen molar-refractivity contribution in [1.82, 2.24) is 0 Å². The molecule has 0 amide bonds. The van der Waals surface area contributed by atoms with Crippen molar-refractivity contribution in [2.75, 3.05) is 13.2 Å². The lowest BCUT2D eigenvalue weighted by Crippen LogP contribution is -2.12. The number of phenolic OH excluding ortho intramolecular Hbond substituents is 2. The van der Waals surface area contributed by atoms with Crippen LogP contribution in [0.3, 0.4) is 0 Å². The molecular weight excluding hydrogens is 467 g/mol. The Morgan fingerprint density at radius 1 is 0.818 bits per heavy atom. The maximum absolute atomic E-state index is 13.0. The lowest BCUT2D eigenvalue weighted by atomic mass is 10.1. The molecule has 3 aromatic carbocycles. The molecule has 0 fully saturated rings. The van der Waals surface area contributed by atoms with Gasteiger partial charge in [0.25, 0.3) is 0 Å². The van der Waals surface area contributed by atoms with Crippen molar-refractivity contribution in [2.24, 2.45) is 0 Å². The number of unbranched alkanes of at least 4 members (excludes halogenated alkanes) is 2. The number of aromatic hydroxyl groups is 2. The molecule has 0 aromatic heterocycles. The first-order valence-electron chi connectivity index (χ1n) is 10.8. The van der Waals surface area contributed by atoms with Gasteiger partial charge in [0.15, 0.2) is 11.5 Å². The molecule has 3 aromatic rings. The Bertz CT molecular complexity index is 1150. The van der Waals surface area contributed by atoms with Gasteiger partial charge in [-0.3, -0.25) is 0 Å². The number of ether oxygens (including phenoxy) is 3. The highest BCUT2D eigenvalue weighted by atomic mass is 35.5. The van der Waals surface area contributed by atoms with E-state index in [1.165, 1.54) is 18.2 Å². The van der Waals surface area contributed by atoms with Crippen molar-refractivity contribution in [2.45, 2.75) is 39.5 Å². The van der Waals surface area contributed by atoms with Crippen LogP contribution in [0.5, 0.6) is 28.7 Å². The van der Waals surface area contributed by atoms with E-state index in [9.17, 15) is 15.0 Å². The van der Waals surface area contributed by atoms with Gasteiger partial charge in [0.1, 0.15) is 11.3 Å². The van der Waals surface area contributed by atoms with Crippen LogP contribution in [0, 0.1) is 0 Å². The van der Waals surface area contributed by atoms with Crippen molar-refractivity contribution in [3.63, 3.8) is 0 Å². The molecule has 0 saturated heterocycles. The first kappa shape index (κ1) is 24.8. The molecule has 0 aliphatic rings. The van der Waals surface area contributed by atoms with Crippen LogP contribution in [-0.4, -0.2) is 29.4 Å². The lowest BCUT2D eigenvalue weighted by Gasteiger charge is -2.20. The fourth-order valence-electron chi connectivity index (χ4n) is 3.19. The standard InChI is InChI=1S/C25H26Cl2O6/c1-3-5-11-31-23-21(29)19-13-15(26)7-9-17(19)22(24(23)32-12-6-4-2)33-25(30)18-10-8-16(27)14-20(18)28/h7-10,13-14,28-29H,3-6,11-12H2,1-2H3. The molecule has 0 aliphatic carbocycles. The van der Waals surface area contributed by atoms with E-state index in [4.69, 9.17) is 37.4 Å². The van der Waals surface area contributed by atoms with E-state index >= 15 is 0 Å². The van der Waals surface area contributed by atoms with Crippen molar-refractivity contribution >= 4 is 39.9 Å². The van der Waals surface area contributed by atoms with Gasteiger partial charge in [-0.15, -0.1) is 0 Å². The second kappa shape index (κ2) is 11.3. The molecule has 0 radical (unpaired) electrons. The number of halogens is 2. The van der Waals surface area contributed by atoms with Gasteiger partial charge in [0, 0.05) is 20.8 Å². The predicted octanol–water partition coefficient (Wildman–Crippen LogP) is 7.13. The Hall–Kier alpha value is -2.83. The number of carbonyl (C=O) groups is 1. The monoisotopic (exact) mass is 492 g/mol. The number of hydrogen-bond acceptors (Lipinski definition) is 6. The average molecular weight is 493 g/mol. The minimum Gasteiger partial charge on any atom is -0.507 e. The highest BCUT2D eigenvalue weighted by molar-refractivity contribution is 6.31. The first-order chi connectivity index (χ1) is 15.9. The Morgan fingerprint density at radius 2 is 1.42 bits per heavy atom. The predicted molar refractivity (Wildman–Crippen MR) is 130 cm³/mol. The lowest BCUT2D eigenvalue weighted by molar-refractivity contribution is 0.0726. The highest BCUT2D eigenvalue weighted by Crippen LogP contribution is 2.51. The van der Waals surface area contributed by atoms with E-state index in [2.05, 4.69) is 0 Å². The van der Waals surface area contributed by atoms with E-state index in [-0.39, 0.29) is 39.3 Å². The molecule has 0 aliphatic heterocycles. The Balaban J connectivity index is 2.17. The summed E-state index contributed by atoms with van der Waals surface area (Å²) in [6.45, 7) is 4.71. The van der Waals surface area contributed by atoms with E-state index in [0.29, 0.717) is 29.0 Å². The van der Waals surface area contributed by atoms with Gasteiger partial charge in [-0.05, 0) is 49.2 Å². The highest BCUT2D eigenvalue weighted by Gasteiger charge is 2.26. The van der Waals surface area contributed by atoms with Gasteiger partial charge < -0.3 is 24.4 Å². The topological polar surface area (TPSA) is 85.2 Å². The maximum atomic E-state index is 13.0.